The summed E-state index contributed by atoms with van der Waals surface area (Å²) in [4.78, 5) is 0. The highest BCUT2D eigenvalue weighted by molar-refractivity contribution is 4.61. The van der Waals surface area contributed by atoms with E-state index in [1.54, 1.807) is 0 Å². The van der Waals surface area contributed by atoms with E-state index in [2.05, 4.69) is 20.8 Å². The van der Waals surface area contributed by atoms with Gasteiger partial charge >= 0.3 is 0 Å². The van der Waals surface area contributed by atoms with E-state index < -0.39 is 0 Å². The molecule has 0 aliphatic carbocycles. The van der Waals surface area contributed by atoms with Gasteiger partial charge in [0, 0.05) is 6.04 Å². The van der Waals surface area contributed by atoms with E-state index in [4.69, 9.17) is 5.73 Å². The highest BCUT2D eigenvalue weighted by Gasteiger charge is 2.03. The summed E-state index contributed by atoms with van der Waals surface area (Å²) >= 11 is 0. The molecule has 0 spiro atoms. The summed E-state index contributed by atoms with van der Waals surface area (Å²) in [5.74, 6) is 0.694. The summed E-state index contributed by atoms with van der Waals surface area (Å²) in [6, 6.07) is 0.370. The smallest absolute Gasteiger partial charge is 0.00361 e. The lowest BCUT2D eigenvalue weighted by atomic mass is 9.99. The molecule has 0 aliphatic heterocycles. The molecular weight excluding hydrogens is 98.1 g/mol. The minimum atomic E-state index is 0.370. The highest BCUT2D eigenvalue weighted by Crippen LogP contribution is 2.06. The fourth-order valence-corrected chi connectivity index (χ4v) is 0.718. The summed E-state index contributed by atoms with van der Waals surface area (Å²) in [6.45, 7) is 6.47. The minimum Gasteiger partial charge on any atom is -0.328 e. The maximum absolute atomic E-state index is 5.62. The number of rotatable bonds is 3. The third kappa shape index (κ3) is 3.03. The van der Waals surface area contributed by atoms with Crippen molar-refractivity contribution in [3.05, 3.63) is 0 Å². The average Bonchev–Trinajstić information content (AvgIpc) is 1.67. The van der Waals surface area contributed by atoms with Crippen molar-refractivity contribution >= 4 is 0 Å². The van der Waals surface area contributed by atoms with Crippen molar-refractivity contribution in [3.8, 4) is 0 Å². The predicted molar refractivity (Wildman–Crippen MR) is 37.7 cm³/mol. The largest absolute Gasteiger partial charge is 0.328 e. The first kappa shape index (κ1) is 7.96. The van der Waals surface area contributed by atoms with Gasteiger partial charge in [-0.25, -0.2) is 0 Å². The van der Waals surface area contributed by atoms with Gasteiger partial charge in [-0.3, -0.25) is 0 Å². The second-order valence-corrected chi connectivity index (χ2v) is 2.63. The first-order chi connectivity index (χ1) is 3.68. The Bertz CT molecular complexity index is 50.3. The maximum atomic E-state index is 5.62. The molecule has 0 saturated carbocycles. The maximum Gasteiger partial charge on any atom is 0.00361 e. The minimum absolute atomic E-state index is 0.370. The number of hydrogen-bond donors (Lipinski definition) is 1. The van der Waals surface area contributed by atoms with Gasteiger partial charge < -0.3 is 5.73 Å². The summed E-state index contributed by atoms with van der Waals surface area (Å²) in [5, 5.41) is 0. The van der Waals surface area contributed by atoms with Crippen LogP contribution in [0, 0.1) is 5.92 Å². The number of nitrogens with two attached hydrogens (primary N) is 1. The molecule has 0 aromatic heterocycles. The lowest BCUT2D eigenvalue weighted by Gasteiger charge is -2.12. The van der Waals surface area contributed by atoms with Crippen molar-refractivity contribution in [1.29, 1.82) is 0 Å². The Morgan fingerprint density at radius 1 is 1.38 bits per heavy atom. The van der Waals surface area contributed by atoms with Gasteiger partial charge in [0.25, 0.3) is 0 Å². The van der Waals surface area contributed by atoms with Crippen molar-refractivity contribution in [2.24, 2.45) is 11.7 Å². The van der Waals surface area contributed by atoms with Crippen LogP contribution in [-0.4, -0.2) is 6.04 Å². The Morgan fingerprint density at radius 2 is 1.88 bits per heavy atom. The van der Waals surface area contributed by atoms with Crippen molar-refractivity contribution in [2.75, 3.05) is 0 Å². The molecule has 50 valence electrons. The van der Waals surface area contributed by atoms with Gasteiger partial charge in [0.1, 0.15) is 0 Å². The van der Waals surface area contributed by atoms with Gasteiger partial charge in [-0.2, -0.15) is 0 Å². The molecule has 0 fully saturated rings. The van der Waals surface area contributed by atoms with Crippen LogP contribution in [0.4, 0.5) is 0 Å². The summed E-state index contributed by atoms with van der Waals surface area (Å²) in [5.41, 5.74) is 5.62. The normalized spacial score (nSPS) is 18.0. The van der Waals surface area contributed by atoms with Gasteiger partial charge in [-0.15, -0.1) is 0 Å². The molecule has 1 unspecified atom stereocenters. The zero-order chi connectivity index (χ0) is 6.57. The first-order valence-electron chi connectivity index (χ1n) is 3.44. The first-order valence-corrected chi connectivity index (χ1v) is 3.44. The molecule has 2 N–H and O–H groups in total. The summed E-state index contributed by atoms with van der Waals surface area (Å²) < 4.78 is 0. The third-order valence-electron chi connectivity index (χ3n) is 1.64. The monoisotopic (exact) mass is 115 g/mol. The fourth-order valence-electron chi connectivity index (χ4n) is 0.718. The molecule has 0 bridgehead atoms. The Morgan fingerprint density at radius 3 is 2.00 bits per heavy atom. The van der Waals surface area contributed by atoms with Crippen LogP contribution in [0.3, 0.4) is 0 Å². The van der Waals surface area contributed by atoms with E-state index in [0.717, 1.165) is 0 Å². The van der Waals surface area contributed by atoms with E-state index in [1.807, 2.05) is 0 Å². The van der Waals surface area contributed by atoms with E-state index >= 15 is 0 Å². The molecule has 8 heavy (non-hydrogen) atoms. The van der Waals surface area contributed by atoms with Crippen LogP contribution in [0.15, 0.2) is 0 Å². The summed E-state index contributed by atoms with van der Waals surface area (Å²) in [7, 11) is 0. The number of hydrogen-bond acceptors (Lipinski definition) is 1. The quantitative estimate of drug-likeness (QED) is 0.596. The topological polar surface area (TPSA) is 26.0 Å². The second-order valence-electron chi connectivity index (χ2n) is 2.63. The van der Waals surface area contributed by atoms with Gasteiger partial charge in [0.15, 0.2) is 0 Å². The Kier molecular flexibility index (Phi) is 3.88. The molecule has 0 saturated heterocycles. The predicted octanol–water partition coefficient (Wildman–Crippen LogP) is 1.77. The Labute approximate surface area is 52.3 Å². The fraction of sp³-hybridized carbons (Fsp3) is 1.00. The average molecular weight is 115 g/mol. The second kappa shape index (κ2) is 3.90. The van der Waals surface area contributed by atoms with Gasteiger partial charge in [0.05, 0.1) is 0 Å². The van der Waals surface area contributed by atoms with Crippen LogP contribution >= 0.6 is 0 Å². The van der Waals surface area contributed by atoms with E-state index in [-0.39, 0.29) is 0 Å². The SMILES string of the molecule is CCCC(C)[C@@H](C)N. The molecule has 0 aliphatic rings. The van der Waals surface area contributed by atoms with Crippen LogP contribution in [0.1, 0.15) is 33.6 Å². The van der Waals surface area contributed by atoms with Crippen molar-refractivity contribution < 1.29 is 0 Å². The lowest BCUT2D eigenvalue weighted by molar-refractivity contribution is 0.446. The van der Waals surface area contributed by atoms with E-state index in [9.17, 15) is 0 Å². The van der Waals surface area contributed by atoms with Crippen LogP contribution in [0.25, 0.3) is 0 Å². The molecule has 0 aromatic rings. The molecule has 2 atom stereocenters. The zero-order valence-electron chi connectivity index (χ0n) is 6.15. The van der Waals surface area contributed by atoms with Crippen LogP contribution < -0.4 is 5.73 Å². The molecule has 1 nitrogen and oxygen atoms in total. The molecule has 0 amide bonds. The molecule has 0 rings (SSSR count). The summed E-state index contributed by atoms with van der Waals surface area (Å²) in [6.07, 6.45) is 2.51. The van der Waals surface area contributed by atoms with Crippen LogP contribution in [0.5, 0.6) is 0 Å². The van der Waals surface area contributed by atoms with Crippen molar-refractivity contribution in [2.45, 2.75) is 39.7 Å². The lowest BCUT2D eigenvalue weighted by Crippen LogP contribution is -2.23. The van der Waals surface area contributed by atoms with E-state index in [1.165, 1.54) is 12.8 Å². The molecular formula is C7H17N. The molecule has 0 radical (unpaired) electrons. The van der Waals surface area contributed by atoms with Crippen LogP contribution in [0.2, 0.25) is 0 Å². The zero-order valence-corrected chi connectivity index (χ0v) is 6.15. The standard InChI is InChI=1S/C7H17N/c1-4-5-6(2)7(3)8/h6-7H,4-5,8H2,1-3H3/t6?,7-/m1/s1. The van der Waals surface area contributed by atoms with Gasteiger partial charge in [-0.1, -0.05) is 20.3 Å². The molecule has 1 heteroatoms. The van der Waals surface area contributed by atoms with Crippen LogP contribution in [-0.2, 0) is 0 Å². The van der Waals surface area contributed by atoms with Gasteiger partial charge in [0.2, 0.25) is 0 Å². The van der Waals surface area contributed by atoms with Crippen molar-refractivity contribution in [3.63, 3.8) is 0 Å². The molecule has 0 heterocycles. The Hall–Kier alpha value is -0.0400. The third-order valence-corrected chi connectivity index (χ3v) is 1.64. The van der Waals surface area contributed by atoms with E-state index in [0.29, 0.717) is 12.0 Å². The van der Waals surface area contributed by atoms with Gasteiger partial charge in [-0.05, 0) is 19.3 Å². The molecule has 0 aromatic carbocycles. The highest BCUT2D eigenvalue weighted by atomic mass is 14.6. The van der Waals surface area contributed by atoms with Crippen molar-refractivity contribution in [1.82, 2.24) is 0 Å². The Balaban J connectivity index is 3.17.